The van der Waals surface area contributed by atoms with E-state index in [4.69, 9.17) is 20.8 Å². The number of rotatable bonds is 6. The van der Waals surface area contributed by atoms with Crippen molar-refractivity contribution in [2.75, 3.05) is 20.2 Å². The molecule has 10 heteroatoms. The molecule has 0 amide bonds. The van der Waals surface area contributed by atoms with Crippen molar-refractivity contribution in [3.05, 3.63) is 57.5 Å². The normalized spacial score (nSPS) is 15.3. The van der Waals surface area contributed by atoms with Crippen LogP contribution in [-0.4, -0.2) is 43.3 Å². The van der Waals surface area contributed by atoms with Gasteiger partial charge >= 0.3 is 5.76 Å². The topological polar surface area (TPSA) is 98.8 Å². The van der Waals surface area contributed by atoms with Gasteiger partial charge in [-0.15, -0.1) is 0 Å². The first-order chi connectivity index (χ1) is 14.8. The van der Waals surface area contributed by atoms with Crippen molar-refractivity contribution in [3.8, 4) is 5.75 Å². The molecule has 1 aromatic heterocycles. The predicted molar refractivity (Wildman–Crippen MR) is 115 cm³/mol. The van der Waals surface area contributed by atoms with Crippen LogP contribution in [0.4, 0.5) is 0 Å². The number of Topliss-reactive ketones (excluding diaryl/α,β-unsaturated/α-hetero) is 1. The Morgan fingerprint density at radius 2 is 1.87 bits per heavy atom. The largest absolute Gasteiger partial charge is 0.495 e. The van der Waals surface area contributed by atoms with Gasteiger partial charge in [0.15, 0.2) is 11.4 Å². The van der Waals surface area contributed by atoms with Crippen LogP contribution in [0.3, 0.4) is 0 Å². The first kappa shape index (κ1) is 21.6. The summed E-state index contributed by atoms with van der Waals surface area (Å²) in [5.74, 6) is -0.651. The number of fused-ring (bicyclic) bond motifs is 1. The summed E-state index contributed by atoms with van der Waals surface area (Å²) in [6.07, 6.45) is 2.66. The maximum Gasteiger partial charge on any atom is 0.420 e. The molecule has 0 unspecified atom stereocenters. The first-order valence-corrected chi connectivity index (χ1v) is 11.6. The van der Waals surface area contributed by atoms with E-state index >= 15 is 0 Å². The van der Waals surface area contributed by atoms with Gasteiger partial charge in [0.25, 0.3) is 0 Å². The van der Waals surface area contributed by atoms with Gasteiger partial charge in [0.1, 0.15) is 5.75 Å². The molecule has 0 aliphatic carbocycles. The lowest BCUT2D eigenvalue weighted by molar-refractivity contribution is 0.0970. The van der Waals surface area contributed by atoms with E-state index < -0.39 is 15.8 Å². The number of nitrogens with zero attached hydrogens (tertiary/aromatic N) is 2. The maximum absolute atomic E-state index is 12.9. The molecular weight excluding hydrogens is 444 g/mol. The molecule has 2 heterocycles. The fraction of sp³-hybridized carbons (Fsp3) is 0.333. The number of aromatic nitrogens is 1. The number of ether oxygens (including phenoxy) is 1. The van der Waals surface area contributed by atoms with Crippen molar-refractivity contribution in [1.29, 1.82) is 0 Å². The molecule has 0 radical (unpaired) electrons. The second-order valence-electron chi connectivity index (χ2n) is 7.32. The monoisotopic (exact) mass is 464 g/mol. The number of hydrogen-bond acceptors (Lipinski definition) is 6. The van der Waals surface area contributed by atoms with E-state index in [1.54, 1.807) is 12.1 Å². The van der Waals surface area contributed by atoms with Gasteiger partial charge in [-0.1, -0.05) is 18.0 Å². The van der Waals surface area contributed by atoms with E-state index in [0.717, 1.165) is 19.3 Å². The Morgan fingerprint density at radius 3 is 2.55 bits per heavy atom. The third-order valence-electron chi connectivity index (χ3n) is 5.37. The van der Waals surface area contributed by atoms with Gasteiger partial charge in [0.05, 0.1) is 29.1 Å². The minimum atomic E-state index is -3.67. The van der Waals surface area contributed by atoms with Crippen LogP contribution in [-0.2, 0) is 16.6 Å². The Kier molecular flexibility index (Phi) is 5.92. The zero-order valence-electron chi connectivity index (χ0n) is 16.8. The second kappa shape index (κ2) is 8.49. The lowest BCUT2D eigenvalue weighted by atomic mass is 10.1. The average molecular weight is 465 g/mol. The van der Waals surface area contributed by atoms with Gasteiger partial charge in [-0.05, 0) is 43.2 Å². The highest BCUT2D eigenvalue weighted by atomic mass is 35.5. The van der Waals surface area contributed by atoms with Gasteiger partial charge in [0.2, 0.25) is 10.0 Å². The molecule has 164 valence electrons. The van der Waals surface area contributed by atoms with Crippen LogP contribution in [0.1, 0.15) is 29.6 Å². The average Bonchev–Trinajstić information content (AvgIpc) is 3.08. The number of oxazole rings is 1. The minimum Gasteiger partial charge on any atom is -0.495 e. The van der Waals surface area contributed by atoms with Crippen LogP contribution in [0.2, 0.25) is 5.02 Å². The number of carbonyl (C=O) groups is 1. The molecule has 1 aliphatic heterocycles. The molecule has 1 aliphatic rings. The van der Waals surface area contributed by atoms with Crippen LogP contribution in [0.25, 0.3) is 11.1 Å². The summed E-state index contributed by atoms with van der Waals surface area (Å²) in [4.78, 5) is 25.1. The molecule has 0 bridgehead atoms. The summed E-state index contributed by atoms with van der Waals surface area (Å²) < 4.78 is 38.7. The van der Waals surface area contributed by atoms with Crippen LogP contribution in [0.5, 0.6) is 5.75 Å². The third kappa shape index (κ3) is 4.13. The zero-order chi connectivity index (χ0) is 22.2. The molecule has 0 atom stereocenters. The number of methoxy groups -OCH3 is 1. The van der Waals surface area contributed by atoms with Crippen LogP contribution >= 0.6 is 11.6 Å². The van der Waals surface area contributed by atoms with Crippen molar-refractivity contribution >= 4 is 38.5 Å². The van der Waals surface area contributed by atoms with Gasteiger partial charge in [-0.25, -0.2) is 13.2 Å². The van der Waals surface area contributed by atoms with Crippen molar-refractivity contribution in [1.82, 2.24) is 8.87 Å². The summed E-state index contributed by atoms with van der Waals surface area (Å²) in [7, 11) is -2.19. The highest BCUT2D eigenvalue weighted by molar-refractivity contribution is 7.89. The standard InChI is InChI=1S/C21H21ClN2O6S/c1-29-19-8-5-14(11-16(19)22)18(25)13-24-17-7-6-15(12-20(17)30-21(24)26)31(27,28)23-9-3-2-4-10-23/h5-8,11-12H,2-4,9-10,13H2,1H3. The van der Waals surface area contributed by atoms with E-state index in [9.17, 15) is 18.0 Å². The molecule has 1 fully saturated rings. The maximum atomic E-state index is 12.9. The number of benzene rings is 2. The Labute approximate surface area is 184 Å². The number of halogens is 1. The molecule has 4 rings (SSSR count). The number of ketones is 1. The molecule has 1 saturated heterocycles. The summed E-state index contributed by atoms with van der Waals surface area (Å²) >= 11 is 6.08. The lowest BCUT2D eigenvalue weighted by Crippen LogP contribution is -2.35. The van der Waals surface area contributed by atoms with Crippen LogP contribution < -0.4 is 10.5 Å². The molecular formula is C21H21ClN2O6S. The Balaban J connectivity index is 1.64. The van der Waals surface area contributed by atoms with E-state index in [-0.39, 0.29) is 27.8 Å². The lowest BCUT2D eigenvalue weighted by Gasteiger charge is -2.25. The van der Waals surface area contributed by atoms with E-state index in [1.807, 2.05) is 0 Å². The molecule has 0 spiro atoms. The van der Waals surface area contributed by atoms with Crippen LogP contribution in [0.15, 0.2) is 50.5 Å². The van der Waals surface area contributed by atoms with E-state index in [2.05, 4.69) is 0 Å². The molecule has 0 saturated carbocycles. The van der Waals surface area contributed by atoms with Crippen LogP contribution in [0, 0.1) is 0 Å². The highest BCUT2D eigenvalue weighted by Crippen LogP contribution is 2.26. The van der Waals surface area contributed by atoms with Crippen molar-refractivity contribution in [2.45, 2.75) is 30.7 Å². The molecule has 8 nitrogen and oxygen atoms in total. The second-order valence-corrected chi connectivity index (χ2v) is 9.67. The Bertz CT molecular complexity index is 1310. The number of piperidine rings is 1. The van der Waals surface area contributed by atoms with Crippen molar-refractivity contribution in [2.24, 2.45) is 0 Å². The van der Waals surface area contributed by atoms with Gasteiger partial charge < -0.3 is 9.15 Å². The number of sulfonamides is 1. The summed E-state index contributed by atoms with van der Waals surface area (Å²) in [6.45, 7) is 0.682. The first-order valence-electron chi connectivity index (χ1n) is 9.81. The smallest absolute Gasteiger partial charge is 0.420 e. The summed E-state index contributed by atoms with van der Waals surface area (Å²) in [5, 5.41) is 0.283. The Morgan fingerprint density at radius 1 is 1.13 bits per heavy atom. The fourth-order valence-electron chi connectivity index (χ4n) is 3.69. The SMILES string of the molecule is COc1ccc(C(=O)Cn2c(=O)oc3cc(S(=O)(=O)N4CCCCC4)ccc32)cc1Cl. The van der Waals surface area contributed by atoms with Crippen molar-refractivity contribution < 1.29 is 22.4 Å². The summed E-state index contributed by atoms with van der Waals surface area (Å²) in [6, 6.07) is 8.87. The van der Waals surface area contributed by atoms with Gasteiger partial charge in [-0.3, -0.25) is 9.36 Å². The number of carbonyl (C=O) groups excluding carboxylic acids is 1. The summed E-state index contributed by atoms with van der Waals surface area (Å²) in [5.41, 5.74) is 0.774. The van der Waals surface area contributed by atoms with Gasteiger partial charge in [0, 0.05) is 24.7 Å². The molecule has 31 heavy (non-hydrogen) atoms. The minimum absolute atomic E-state index is 0.0658. The molecule has 2 aromatic carbocycles. The van der Waals surface area contributed by atoms with Crippen molar-refractivity contribution in [3.63, 3.8) is 0 Å². The molecule has 0 N–H and O–H groups in total. The zero-order valence-corrected chi connectivity index (χ0v) is 18.4. The van der Waals surface area contributed by atoms with Gasteiger partial charge in [-0.2, -0.15) is 4.31 Å². The Hall–Kier alpha value is -2.62. The van der Waals surface area contributed by atoms with E-state index in [0.29, 0.717) is 29.9 Å². The third-order valence-corrected chi connectivity index (χ3v) is 7.56. The fourth-order valence-corrected chi connectivity index (χ4v) is 5.48. The highest BCUT2D eigenvalue weighted by Gasteiger charge is 2.27. The number of hydrogen-bond donors (Lipinski definition) is 0. The molecule has 3 aromatic rings. The van der Waals surface area contributed by atoms with E-state index in [1.165, 1.54) is 40.2 Å². The predicted octanol–water partition coefficient (Wildman–Crippen LogP) is 3.31. The quantitative estimate of drug-likeness (QED) is 0.519.